The van der Waals surface area contributed by atoms with Crippen LogP contribution in [0.1, 0.15) is 49.7 Å². The first kappa shape index (κ1) is 12.7. The van der Waals surface area contributed by atoms with Gasteiger partial charge in [-0.3, -0.25) is 4.98 Å². The van der Waals surface area contributed by atoms with Crippen LogP contribution in [0.3, 0.4) is 0 Å². The van der Waals surface area contributed by atoms with Crippen molar-refractivity contribution in [2.45, 2.75) is 38.5 Å². The van der Waals surface area contributed by atoms with E-state index >= 15 is 0 Å². The van der Waals surface area contributed by atoms with E-state index in [-0.39, 0.29) is 0 Å². The quantitative estimate of drug-likeness (QED) is 0.803. The maximum atomic E-state index is 4.06. The van der Waals surface area contributed by atoms with Gasteiger partial charge in [-0.15, -0.1) is 0 Å². The van der Waals surface area contributed by atoms with Gasteiger partial charge >= 0.3 is 0 Å². The average molecular weight is 241 g/mol. The predicted octanol–water partition coefficient (Wildman–Crippen LogP) is 3.56. The molecule has 2 aromatic heterocycles. The Morgan fingerprint density at radius 3 is 2.06 bits per heavy atom. The molecule has 0 bridgehead atoms. The molecule has 0 aliphatic rings. The van der Waals surface area contributed by atoms with Crippen LogP contribution < -0.4 is 0 Å². The fourth-order valence-electron chi connectivity index (χ4n) is 2.12. The molecule has 2 heterocycles. The van der Waals surface area contributed by atoms with Crippen molar-refractivity contribution in [2.24, 2.45) is 0 Å². The molecule has 2 unspecified atom stereocenters. The molecule has 2 atom stereocenters. The van der Waals surface area contributed by atoms with Gasteiger partial charge in [-0.1, -0.05) is 13.8 Å². The second-order valence-electron chi connectivity index (χ2n) is 4.84. The topological polar surface area (TPSA) is 38.7 Å². The number of hydrogen-bond donors (Lipinski definition) is 0. The molecule has 0 fully saturated rings. The molecule has 2 rings (SSSR count). The highest BCUT2D eigenvalue weighted by Gasteiger charge is 2.10. The normalized spacial score (nSPS) is 14.1. The van der Waals surface area contributed by atoms with Gasteiger partial charge in [-0.05, 0) is 54.0 Å². The van der Waals surface area contributed by atoms with E-state index < -0.39 is 0 Å². The van der Waals surface area contributed by atoms with Crippen molar-refractivity contribution in [3.63, 3.8) is 0 Å². The first-order chi connectivity index (χ1) is 8.77. The van der Waals surface area contributed by atoms with E-state index in [1.54, 1.807) is 6.20 Å². The lowest BCUT2D eigenvalue weighted by Crippen LogP contribution is -2.00. The van der Waals surface area contributed by atoms with Gasteiger partial charge in [-0.2, -0.15) is 10.2 Å². The molecule has 0 aliphatic heterocycles. The van der Waals surface area contributed by atoms with Gasteiger partial charge in [0.15, 0.2) is 0 Å². The Labute approximate surface area is 108 Å². The van der Waals surface area contributed by atoms with Crippen molar-refractivity contribution in [3.05, 3.63) is 54.1 Å². The lowest BCUT2D eigenvalue weighted by molar-refractivity contribution is 0.571. The van der Waals surface area contributed by atoms with Crippen LogP contribution in [0, 0.1) is 0 Å². The van der Waals surface area contributed by atoms with Crippen molar-refractivity contribution in [3.8, 4) is 0 Å². The third-order valence-corrected chi connectivity index (χ3v) is 3.48. The van der Waals surface area contributed by atoms with Crippen molar-refractivity contribution in [2.75, 3.05) is 0 Å². The number of pyridine rings is 1. The molecular formula is C15H19N3. The Balaban J connectivity index is 1.89. The van der Waals surface area contributed by atoms with Crippen LogP contribution in [0.5, 0.6) is 0 Å². The maximum Gasteiger partial charge on any atom is 0.0530 e. The third kappa shape index (κ3) is 3.36. The molecule has 2 aromatic rings. The lowest BCUT2D eigenvalue weighted by atomic mass is 9.90. The molecule has 94 valence electrons. The van der Waals surface area contributed by atoms with Crippen LogP contribution in [0.2, 0.25) is 0 Å². The molecule has 0 radical (unpaired) electrons. The van der Waals surface area contributed by atoms with Crippen LogP contribution in [-0.4, -0.2) is 15.2 Å². The molecule has 18 heavy (non-hydrogen) atoms. The fraction of sp³-hybridized carbons (Fsp3) is 0.400. The number of rotatable bonds is 5. The van der Waals surface area contributed by atoms with Crippen molar-refractivity contribution < 1.29 is 0 Å². The maximum absolute atomic E-state index is 4.06. The first-order valence-electron chi connectivity index (χ1n) is 6.44. The van der Waals surface area contributed by atoms with E-state index in [1.165, 1.54) is 17.5 Å². The summed E-state index contributed by atoms with van der Waals surface area (Å²) in [7, 11) is 0. The van der Waals surface area contributed by atoms with Gasteiger partial charge in [0.05, 0.1) is 6.20 Å². The zero-order valence-electron chi connectivity index (χ0n) is 11.0. The molecule has 3 heteroatoms. The molecule has 0 aromatic carbocycles. The van der Waals surface area contributed by atoms with Crippen molar-refractivity contribution in [1.29, 1.82) is 0 Å². The SMILES string of the molecule is CC(CCC(C)c1ccnnc1)c1ccncc1. The van der Waals surface area contributed by atoms with Crippen LogP contribution in [0.25, 0.3) is 0 Å². The molecule has 0 spiro atoms. The monoisotopic (exact) mass is 241 g/mol. The second-order valence-corrected chi connectivity index (χ2v) is 4.84. The minimum atomic E-state index is 0.532. The zero-order chi connectivity index (χ0) is 12.8. The Morgan fingerprint density at radius 2 is 1.44 bits per heavy atom. The van der Waals surface area contributed by atoms with Gasteiger partial charge in [0.1, 0.15) is 0 Å². The Hall–Kier alpha value is -1.77. The molecule has 0 saturated heterocycles. The van der Waals surface area contributed by atoms with Crippen molar-refractivity contribution >= 4 is 0 Å². The highest BCUT2D eigenvalue weighted by molar-refractivity contribution is 5.15. The molecule has 0 aliphatic carbocycles. The standard InChI is InChI=1S/C15H19N3/c1-12(14-5-8-16-9-6-14)3-4-13(2)15-7-10-17-18-11-15/h5-13H,3-4H2,1-2H3. The highest BCUT2D eigenvalue weighted by Crippen LogP contribution is 2.26. The zero-order valence-corrected chi connectivity index (χ0v) is 11.0. The molecule has 0 N–H and O–H groups in total. The van der Waals surface area contributed by atoms with Crippen molar-refractivity contribution in [1.82, 2.24) is 15.2 Å². The van der Waals surface area contributed by atoms with E-state index in [0.29, 0.717) is 11.8 Å². The minimum Gasteiger partial charge on any atom is -0.265 e. The smallest absolute Gasteiger partial charge is 0.0530 e. The number of hydrogen-bond acceptors (Lipinski definition) is 3. The summed E-state index contributed by atoms with van der Waals surface area (Å²) in [6, 6.07) is 6.25. The van der Waals surface area contributed by atoms with Gasteiger partial charge in [0.2, 0.25) is 0 Å². The van der Waals surface area contributed by atoms with Gasteiger partial charge < -0.3 is 0 Å². The predicted molar refractivity (Wildman–Crippen MR) is 72.3 cm³/mol. The summed E-state index contributed by atoms with van der Waals surface area (Å²) < 4.78 is 0. The van der Waals surface area contributed by atoms with E-state index in [9.17, 15) is 0 Å². The summed E-state index contributed by atoms with van der Waals surface area (Å²) in [6.45, 7) is 4.52. The lowest BCUT2D eigenvalue weighted by Gasteiger charge is -2.15. The van der Waals surface area contributed by atoms with Crippen LogP contribution in [0.4, 0.5) is 0 Å². The molecular weight excluding hydrogens is 222 g/mol. The summed E-state index contributed by atoms with van der Waals surface area (Å²) >= 11 is 0. The fourth-order valence-corrected chi connectivity index (χ4v) is 2.12. The number of aromatic nitrogens is 3. The molecule has 3 nitrogen and oxygen atoms in total. The second kappa shape index (κ2) is 6.24. The highest BCUT2D eigenvalue weighted by atomic mass is 15.1. The Bertz CT molecular complexity index is 410. The molecule has 0 amide bonds. The third-order valence-electron chi connectivity index (χ3n) is 3.48. The summed E-state index contributed by atoms with van der Waals surface area (Å²) in [4.78, 5) is 4.06. The summed E-state index contributed by atoms with van der Waals surface area (Å²) in [5, 5.41) is 7.75. The Kier molecular flexibility index (Phi) is 4.40. The largest absolute Gasteiger partial charge is 0.265 e. The van der Waals surface area contributed by atoms with E-state index in [1.807, 2.05) is 18.6 Å². The number of nitrogens with zero attached hydrogens (tertiary/aromatic N) is 3. The summed E-state index contributed by atoms with van der Waals surface area (Å²) in [5.41, 5.74) is 2.64. The molecule has 0 saturated carbocycles. The van der Waals surface area contributed by atoms with Gasteiger partial charge in [0, 0.05) is 18.6 Å². The van der Waals surface area contributed by atoms with Crippen LogP contribution in [0.15, 0.2) is 43.0 Å². The average Bonchev–Trinajstić information content (AvgIpc) is 2.46. The summed E-state index contributed by atoms with van der Waals surface area (Å²) in [5.74, 6) is 1.11. The van der Waals surface area contributed by atoms with Crippen LogP contribution in [-0.2, 0) is 0 Å². The Morgan fingerprint density at radius 1 is 0.833 bits per heavy atom. The summed E-state index contributed by atoms with van der Waals surface area (Å²) in [6.07, 6.45) is 9.69. The van der Waals surface area contributed by atoms with E-state index in [2.05, 4.69) is 47.2 Å². The van der Waals surface area contributed by atoms with Gasteiger partial charge in [-0.25, -0.2) is 0 Å². The first-order valence-corrected chi connectivity index (χ1v) is 6.44. The van der Waals surface area contributed by atoms with Gasteiger partial charge in [0.25, 0.3) is 0 Å². The van der Waals surface area contributed by atoms with E-state index in [4.69, 9.17) is 0 Å². The van der Waals surface area contributed by atoms with Crippen LogP contribution >= 0.6 is 0 Å². The minimum absolute atomic E-state index is 0.532. The van der Waals surface area contributed by atoms with E-state index in [0.717, 1.165) is 6.42 Å².